The highest BCUT2D eigenvalue weighted by molar-refractivity contribution is 7.10. The summed E-state index contributed by atoms with van der Waals surface area (Å²) >= 11 is 4.44. The first-order chi connectivity index (χ1) is 13.1. The van der Waals surface area contributed by atoms with E-state index in [1.807, 2.05) is 40.4 Å². The molecule has 1 aliphatic heterocycles. The summed E-state index contributed by atoms with van der Waals surface area (Å²) in [6.07, 6.45) is 1.87. The van der Waals surface area contributed by atoms with Gasteiger partial charge in [-0.1, -0.05) is 17.4 Å². The molecule has 0 radical (unpaired) electrons. The molecular weight excluding hydrogens is 400 g/mol. The molecule has 0 unspecified atom stereocenters. The van der Waals surface area contributed by atoms with Gasteiger partial charge in [0, 0.05) is 4.88 Å². The molecule has 0 bridgehead atoms. The topological polar surface area (TPSA) is 60.7 Å². The number of rotatable bonds is 4. The fraction of sp³-hybridized carbons (Fsp3) is 0.211. The molecule has 138 valence electrons. The molecule has 0 fully saturated rings. The summed E-state index contributed by atoms with van der Waals surface area (Å²) in [5.41, 5.74) is 1.86. The number of nitrogens with zero attached hydrogens (tertiary/aromatic N) is 2. The van der Waals surface area contributed by atoms with E-state index >= 15 is 0 Å². The van der Waals surface area contributed by atoms with E-state index in [-0.39, 0.29) is 12.2 Å². The normalized spacial score (nSPS) is 17.0. The van der Waals surface area contributed by atoms with Crippen LogP contribution < -0.4 is 14.9 Å². The Morgan fingerprint density at radius 3 is 2.89 bits per heavy atom. The van der Waals surface area contributed by atoms with E-state index in [0.717, 1.165) is 10.4 Å². The molecule has 5 nitrogen and oxygen atoms in total. The summed E-state index contributed by atoms with van der Waals surface area (Å²) in [7, 11) is 0. The Morgan fingerprint density at radius 1 is 1.37 bits per heavy atom. The van der Waals surface area contributed by atoms with Crippen molar-refractivity contribution in [2.24, 2.45) is 4.99 Å². The molecule has 8 heteroatoms. The molecule has 0 spiro atoms. The van der Waals surface area contributed by atoms with Gasteiger partial charge in [0.25, 0.3) is 5.56 Å². The van der Waals surface area contributed by atoms with Gasteiger partial charge in [-0.05, 0) is 53.8 Å². The second kappa shape index (κ2) is 7.38. The molecular formula is C19H16N2O3S3. The van der Waals surface area contributed by atoms with Crippen LogP contribution in [0.5, 0.6) is 0 Å². The minimum absolute atomic E-state index is 0.141. The predicted molar refractivity (Wildman–Crippen MR) is 109 cm³/mol. The molecule has 4 heterocycles. The van der Waals surface area contributed by atoms with E-state index < -0.39 is 12.0 Å². The quantitative estimate of drug-likeness (QED) is 0.615. The lowest BCUT2D eigenvalue weighted by atomic mass is 10.0. The average Bonchev–Trinajstić information content (AvgIpc) is 3.38. The molecule has 4 rings (SSSR count). The largest absolute Gasteiger partial charge is 0.463 e. The van der Waals surface area contributed by atoms with Crippen molar-refractivity contribution in [2.75, 3.05) is 6.61 Å². The van der Waals surface area contributed by atoms with Crippen molar-refractivity contribution in [2.45, 2.75) is 19.9 Å². The van der Waals surface area contributed by atoms with Crippen molar-refractivity contribution in [3.63, 3.8) is 0 Å². The number of esters is 1. The summed E-state index contributed by atoms with van der Waals surface area (Å²) < 4.78 is 7.48. The van der Waals surface area contributed by atoms with Crippen molar-refractivity contribution in [3.05, 3.63) is 75.7 Å². The molecule has 1 atom stereocenters. The van der Waals surface area contributed by atoms with Crippen LogP contribution in [0.2, 0.25) is 0 Å². The van der Waals surface area contributed by atoms with Crippen molar-refractivity contribution in [1.29, 1.82) is 0 Å². The highest BCUT2D eigenvalue weighted by atomic mass is 32.1. The number of carbonyl (C=O) groups is 1. The van der Waals surface area contributed by atoms with E-state index in [2.05, 4.69) is 4.99 Å². The zero-order valence-corrected chi connectivity index (χ0v) is 17.1. The van der Waals surface area contributed by atoms with Gasteiger partial charge in [0.1, 0.15) is 6.04 Å². The monoisotopic (exact) mass is 416 g/mol. The van der Waals surface area contributed by atoms with Crippen molar-refractivity contribution >= 4 is 46.1 Å². The first-order valence-corrected chi connectivity index (χ1v) is 11.0. The van der Waals surface area contributed by atoms with Gasteiger partial charge in [-0.25, -0.2) is 9.79 Å². The molecule has 1 aliphatic rings. The number of allylic oxidation sites excluding steroid dienone is 1. The van der Waals surface area contributed by atoms with Crippen LogP contribution in [0.4, 0.5) is 0 Å². The first-order valence-electron chi connectivity index (χ1n) is 8.35. The first kappa shape index (κ1) is 18.1. The molecule has 0 aliphatic carbocycles. The van der Waals surface area contributed by atoms with Crippen molar-refractivity contribution in [1.82, 2.24) is 4.57 Å². The Kier molecular flexibility index (Phi) is 4.94. The Morgan fingerprint density at radius 2 is 2.22 bits per heavy atom. The average molecular weight is 417 g/mol. The Hall–Kier alpha value is -2.29. The summed E-state index contributed by atoms with van der Waals surface area (Å²) in [5, 5.41) is 5.90. The number of thiophene rings is 2. The van der Waals surface area contributed by atoms with Gasteiger partial charge in [-0.2, -0.15) is 11.3 Å². The van der Waals surface area contributed by atoms with Crippen LogP contribution in [0.1, 0.15) is 30.3 Å². The Balaban J connectivity index is 1.96. The maximum Gasteiger partial charge on any atom is 0.338 e. The summed E-state index contributed by atoms with van der Waals surface area (Å²) in [6, 6.07) is 5.31. The molecule has 0 aromatic carbocycles. The fourth-order valence-electron chi connectivity index (χ4n) is 3.02. The Labute approximate surface area is 167 Å². The van der Waals surface area contributed by atoms with Gasteiger partial charge in [-0.15, -0.1) is 11.3 Å². The van der Waals surface area contributed by atoms with Crippen molar-refractivity contribution in [3.8, 4) is 0 Å². The fourth-order valence-corrected chi connectivity index (χ4v) is 5.50. The van der Waals surface area contributed by atoms with E-state index in [0.29, 0.717) is 20.6 Å². The van der Waals surface area contributed by atoms with Gasteiger partial charge in [0.15, 0.2) is 4.80 Å². The minimum Gasteiger partial charge on any atom is -0.463 e. The summed E-state index contributed by atoms with van der Waals surface area (Å²) in [4.78, 5) is 31.9. The zero-order chi connectivity index (χ0) is 19.0. The zero-order valence-electron chi connectivity index (χ0n) is 14.7. The van der Waals surface area contributed by atoms with Gasteiger partial charge in [0.05, 0.1) is 22.4 Å². The lowest BCUT2D eigenvalue weighted by Crippen LogP contribution is -2.39. The number of thiazole rings is 1. The van der Waals surface area contributed by atoms with Crippen LogP contribution in [0, 0.1) is 0 Å². The van der Waals surface area contributed by atoms with E-state index in [4.69, 9.17) is 4.74 Å². The molecule has 0 saturated heterocycles. The summed E-state index contributed by atoms with van der Waals surface area (Å²) in [5.74, 6) is -0.427. The van der Waals surface area contributed by atoms with E-state index in [1.54, 1.807) is 29.8 Å². The van der Waals surface area contributed by atoms with Gasteiger partial charge < -0.3 is 4.74 Å². The maximum absolute atomic E-state index is 13.2. The predicted octanol–water partition coefficient (Wildman–Crippen LogP) is 2.92. The molecule has 0 amide bonds. The number of fused-ring (bicyclic) bond motifs is 1. The third kappa shape index (κ3) is 3.24. The minimum atomic E-state index is -0.509. The van der Waals surface area contributed by atoms with Crippen LogP contribution in [-0.2, 0) is 9.53 Å². The lowest BCUT2D eigenvalue weighted by Gasteiger charge is -2.23. The highest BCUT2D eigenvalue weighted by Crippen LogP contribution is 2.33. The van der Waals surface area contributed by atoms with E-state index in [9.17, 15) is 9.59 Å². The van der Waals surface area contributed by atoms with Crippen LogP contribution in [0.15, 0.2) is 55.4 Å². The number of aromatic nitrogens is 1. The molecule has 3 aromatic rings. The third-order valence-corrected chi connectivity index (χ3v) is 6.78. The Bertz CT molecular complexity index is 1180. The molecule has 3 aromatic heterocycles. The maximum atomic E-state index is 13.2. The van der Waals surface area contributed by atoms with Crippen LogP contribution >= 0.6 is 34.0 Å². The molecule has 0 N–H and O–H groups in total. The van der Waals surface area contributed by atoms with Gasteiger partial charge in [0.2, 0.25) is 0 Å². The number of carbonyl (C=O) groups excluding carboxylic acids is 1. The van der Waals surface area contributed by atoms with Crippen LogP contribution in [0.25, 0.3) is 6.08 Å². The smallest absolute Gasteiger partial charge is 0.338 e. The molecule has 0 saturated carbocycles. The number of ether oxygens (including phenoxy) is 1. The standard InChI is InChI=1S/C19H16N2O3S3/c1-3-24-18(23)15-11(2)20-19-21(16(15)13-5-4-7-26-13)17(22)14(27-19)9-12-6-8-25-10-12/h4-10,16H,3H2,1-2H3/b14-9+/t16-/m1/s1. The number of hydrogen-bond donors (Lipinski definition) is 0. The van der Waals surface area contributed by atoms with Gasteiger partial charge in [-0.3, -0.25) is 9.36 Å². The van der Waals surface area contributed by atoms with Crippen LogP contribution in [-0.4, -0.2) is 17.1 Å². The molecule has 27 heavy (non-hydrogen) atoms. The van der Waals surface area contributed by atoms with Crippen molar-refractivity contribution < 1.29 is 9.53 Å². The van der Waals surface area contributed by atoms with Crippen LogP contribution in [0.3, 0.4) is 0 Å². The second-order valence-electron chi connectivity index (χ2n) is 5.87. The second-order valence-corrected chi connectivity index (χ2v) is 8.64. The number of hydrogen-bond acceptors (Lipinski definition) is 7. The summed E-state index contributed by atoms with van der Waals surface area (Å²) in [6.45, 7) is 3.84. The lowest BCUT2D eigenvalue weighted by molar-refractivity contribution is -0.139. The third-order valence-electron chi connectivity index (χ3n) is 4.17. The van der Waals surface area contributed by atoms with Gasteiger partial charge >= 0.3 is 5.97 Å². The highest BCUT2D eigenvalue weighted by Gasteiger charge is 2.33. The SMILES string of the molecule is CCOC(=O)C1=C(C)N=c2s/c(=C/c3ccsc3)c(=O)n2[C@@H]1c1cccs1. The van der Waals surface area contributed by atoms with E-state index in [1.165, 1.54) is 22.7 Å².